The van der Waals surface area contributed by atoms with E-state index in [0.717, 1.165) is 30.4 Å². The lowest BCUT2D eigenvalue weighted by atomic mass is 9.99. The van der Waals surface area contributed by atoms with Gasteiger partial charge in [-0.3, -0.25) is 0 Å². The Morgan fingerprint density at radius 3 is 2.75 bits per heavy atom. The molecule has 1 rings (SSSR count). The minimum Gasteiger partial charge on any atom is -0.313 e. The Labute approximate surface area is 97.1 Å². The zero-order chi connectivity index (χ0) is 12.0. The third-order valence-electron chi connectivity index (χ3n) is 2.63. The van der Waals surface area contributed by atoms with E-state index in [1.165, 1.54) is 6.07 Å². The summed E-state index contributed by atoms with van der Waals surface area (Å²) in [6.07, 6.45) is 7.87. The van der Waals surface area contributed by atoms with Crippen molar-refractivity contribution < 1.29 is 4.39 Å². The summed E-state index contributed by atoms with van der Waals surface area (Å²) in [5.74, 6) is 2.45. The third-order valence-corrected chi connectivity index (χ3v) is 2.63. The van der Waals surface area contributed by atoms with E-state index < -0.39 is 0 Å². The minimum atomic E-state index is -0.174. The monoisotopic (exact) mass is 219 g/mol. The molecule has 0 aliphatic heterocycles. The molecule has 1 aromatic carbocycles. The lowest BCUT2D eigenvalue weighted by Gasteiger charge is -2.16. The van der Waals surface area contributed by atoms with Gasteiger partial charge in [0.05, 0.1) is 0 Å². The fourth-order valence-electron chi connectivity index (χ4n) is 1.85. The van der Waals surface area contributed by atoms with Crippen LogP contribution >= 0.6 is 0 Å². The summed E-state index contributed by atoms with van der Waals surface area (Å²) in [6.45, 7) is 1.90. The molecule has 86 valence electrons. The lowest BCUT2D eigenvalue weighted by molar-refractivity contribution is 0.526. The van der Waals surface area contributed by atoms with Gasteiger partial charge in [-0.15, -0.1) is 12.3 Å². The number of nitrogens with one attached hydrogen (secondary N) is 1. The molecule has 0 heterocycles. The smallest absolute Gasteiger partial charge is 0.123 e. The van der Waals surface area contributed by atoms with E-state index in [0.29, 0.717) is 0 Å². The van der Waals surface area contributed by atoms with Crippen molar-refractivity contribution in [2.45, 2.75) is 32.2 Å². The predicted molar refractivity (Wildman–Crippen MR) is 65.6 cm³/mol. The molecule has 1 unspecified atom stereocenters. The molecule has 0 bridgehead atoms. The van der Waals surface area contributed by atoms with Crippen molar-refractivity contribution in [2.75, 3.05) is 7.05 Å². The van der Waals surface area contributed by atoms with Crippen molar-refractivity contribution >= 4 is 0 Å². The maximum atomic E-state index is 13.3. The minimum absolute atomic E-state index is 0.174. The highest BCUT2D eigenvalue weighted by molar-refractivity contribution is 5.26. The second kappa shape index (κ2) is 6.30. The van der Waals surface area contributed by atoms with Crippen molar-refractivity contribution in [3.8, 4) is 12.3 Å². The number of benzene rings is 1. The normalized spacial score (nSPS) is 12.1. The van der Waals surface area contributed by atoms with Crippen LogP contribution in [0.1, 0.15) is 36.4 Å². The molecule has 0 radical (unpaired) electrons. The van der Waals surface area contributed by atoms with Gasteiger partial charge in [-0.25, -0.2) is 4.39 Å². The molecule has 0 aromatic heterocycles. The van der Waals surface area contributed by atoms with Gasteiger partial charge in [-0.1, -0.05) is 6.07 Å². The van der Waals surface area contributed by atoms with Gasteiger partial charge >= 0.3 is 0 Å². The van der Waals surface area contributed by atoms with Gasteiger partial charge in [0.2, 0.25) is 0 Å². The van der Waals surface area contributed by atoms with Crippen molar-refractivity contribution in [1.29, 1.82) is 0 Å². The highest BCUT2D eigenvalue weighted by atomic mass is 19.1. The highest BCUT2D eigenvalue weighted by Gasteiger charge is 2.10. The molecule has 0 saturated carbocycles. The molecule has 0 amide bonds. The number of aryl methyl sites for hydroxylation is 1. The quantitative estimate of drug-likeness (QED) is 0.592. The standard InChI is InChI=1S/C14H18FN/c1-4-5-6-7-14(16-3)12-8-11(2)9-13(15)10-12/h1,8-10,14,16H,5-7H2,2-3H3. The Morgan fingerprint density at radius 2 is 2.19 bits per heavy atom. The van der Waals surface area contributed by atoms with Gasteiger partial charge < -0.3 is 5.32 Å². The highest BCUT2D eigenvalue weighted by Crippen LogP contribution is 2.21. The Kier molecular flexibility index (Phi) is 5.01. The second-order valence-corrected chi connectivity index (χ2v) is 4.00. The fourth-order valence-corrected chi connectivity index (χ4v) is 1.85. The van der Waals surface area contributed by atoms with Gasteiger partial charge in [0.15, 0.2) is 0 Å². The molecule has 0 spiro atoms. The van der Waals surface area contributed by atoms with Crippen LogP contribution in [0.3, 0.4) is 0 Å². The Morgan fingerprint density at radius 1 is 1.44 bits per heavy atom. The molecule has 1 nitrogen and oxygen atoms in total. The number of halogens is 1. The van der Waals surface area contributed by atoms with Gasteiger partial charge in [0.25, 0.3) is 0 Å². The number of unbranched alkanes of at least 4 members (excludes halogenated alkanes) is 1. The Bertz CT molecular complexity index is 359. The van der Waals surface area contributed by atoms with Crippen LogP contribution in [0.2, 0.25) is 0 Å². The Balaban J connectivity index is 2.74. The molecule has 0 fully saturated rings. The first kappa shape index (κ1) is 12.7. The summed E-state index contributed by atoms with van der Waals surface area (Å²) < 4.78 is 13.3. The van der Waals surface area contributed by atoms with Crippen LogP contribution in [0.25, 0.3) is 0 Å². The molecular formula is C14H18FN. The second-order valence-electron chi connectivity index (χ2n) is 4.00. The van der Waals surface area contributed by atoms with E-state index in [-0.39, 0.29) is 11.9 Å². The van der Waals surface area contributed by atoms with Gasteiger partial charge in [0.1, 0.15) is 5.82 Å². The zero-order valence-corrected chi connectivity index (χ0v) is 9.89. The van der Waals surface area contributed by atoms with Crippen LogP contribution in [0.5, 0.6) is 0 Å². The molecule has 0 aliphatic carbocycles. The van der Waals surface area contributed by atoms with Crippen LogP contribution in [-0.4, -0.2) is 7.05 Å². The summed E-state index contributed by atoms with van der Waals surface area (Å²) in [7, 11) is 1.89. The van der Waals surface area contributed by atoms with Crippen LogP contribution < -0.4 is 5.32 Å². The van der Waals surface area contributed by atoms with E-state index in [9.17, 15) is 4.39 Å². The fraction of sp³-hybridized carbons (Fsp3) is 0.429. The SMILES string of the molecule is C#CCCCC(NC)c1cc(C)cc(F)c1. The van der Waals surface area contributed by atoms with Crippen LogP contribution in [0.4, 0.5) is 4.39 Å². The zero-order valence-electron chi connectivity index (χ0n) is 9.89. The third kappa shape index (κ3) is 3.67. The molecular weight excluding hydrogens is 201 g/mol. The van der Waals surface area contributed by atoms with Crippen molar-refractivity contribution in [2.24, 2.45) is 0 Å². The summed E-state index contributed by atoms with van der Waals surface area (Å²) in [5, 5.41) is 3.20. The molecule has 1 N–H and O–H groups in total. The lowest BCUT2D eigenvalue weighted by Crippen LogP contribution is -2.16. The summed E-state index contributed by atoms with van der Waals surface area (Å²) in [5.41, 5.74) is 1.95. The average molecular weight is 219 g/mol. The number of hydrogen-bond acceptors (Lipinski definition) is 1. The van der Waals surface area contributed by atoms with Gasteiger partial charge in [0, 0.05) is 12.5 Å². The average Bonchev–Trinajstić information content (AvgIpc) is 2.23. The van der Waals surface area contributed by atoms with E-state index in [1.807, 2.05) is 20.0 Å². The van der Waals surface area contributed by atoms with Gasteiger partial charge in [-0.2, -0.15) is 0 Å². The first-order chi connectivity index (χ1) is 7.67. The first-order valence-corrected chi connectivity index (χ1v) is 5.55. The van der Waals surface area contributed by atoms with E-state index in [1.54, 1.807) is 6.07 Å². The molecule has 0 aliphatic rings. The first-order valence-electron chi connectivity index (χ1n) is 5.55. The van der Waals surface area contributed by atoms with E-state index in [2.05, 4.69) is 11.2 Å². The maximum absolute atomic E-state index is 13.3. The van der Waals surface area contributed by atoms with E-state index >= 15 is 0 Å². The van der Waals surface area contributed by atoms with Gasteiger partial charge in [-0.05, 0) is 50.1 Å². The van der Waals surface area contributed by atoms with Crippen molar-refractivity contribution in [3.05, 3.63) is 35.1 Å². The maximum Gasteiger partial charge on any atom is 0.123 e. The number of rotatable bonds is 5. The largest absolute Gasteiger partial charge is 0.313 e. The van der Waals surface area contributed by atoms with Crippen LogP contribution in [0, 0.1) is 25.1 Å². The predicted octanol–water partition coefficient (Wildman–Crippen LogP) is 3.20. The van der Waals surface area contributed by atoms with Crippen LogP contribution in [0.15, 0.2) is 18.2 Å². The molecule has 2 heteroatoms. The number of terminal acetylenes is 1. The molecule has 0 saturated heterocycles. The summed E-state index contributed by atoms with van der Waals surface area (Å²) >= 11 is 0. The topological polar surface area (TPSA) is 12.0 Å². The van der Waals surface area contributed by atoms with Crippen molar-refractivity contribution in [1.82, 2.24) is 5.32 Å². The molecule has 1 atom stereocenters. The van der Waals surface area contributed by atoms with E-state index in [4.69, 9.17) is 6.42 Å². The Hall–Kier alpha value is -1.33. The summed E-state index contributed by atoms with van der Waals surface area (Å²) in [4.78, 5) is 0. The summed E-state index contributed by atoms with van der Waals surface area (Å²) in [6, 6.07) is 5.32. The number of hydrogen-bond donors (Lipinski definition) is 1. The molecule has 16 heavy (non-hydrogen) atoms. The molecule has 1 aromatic rings. The van der Waals surface area contributed by atoms with Crippen LogP contribution in [-0.2, 0) is 0 Å². The van der Waals surface area contributed by atoms with Crippen molar-refractivity contribution in [3.63, 3.8) is 0 Å².